The second-order valence-corrected chi connectivity index (χ2v) is 6.21. The van der Waals surface area contributed by atoms with Crippen molar-refractivity contribution in [1.29, 1.82) is 0 Å². The van der Waals surface area contributed by atoms with Crippen molar-refractivity contribution in [2.45, 2.75) is 38.6 Å². The number of rotatable bonds is 6. The largest absolute Gasteiger partial charge is 0.465 e. The number of hydrogen-bond donors (Lipinski definition) is 1. The van der Waals surface area contributed by atoms with E-state index in [1.165, 1.54) is 44.3 Å². The van der Waals surface area contributed by atoms with E-state index in [0.29, 0.717) is 4.88 Å². The molecule has 1 aromatic heterocycles. The summed E-state index contributed by atoms with van der Waals surface area (Å²) in [6, 6.07) is 0.717. The number of likely N-dealkylation sites (tertiary alicyclic amines) is 1. The lowest BCUT2D eigenvalue weighted by atomic mass is 10.0. The van der Waals surface area contributed by atoms with Crippen LogP contribution < -0.4 is 5.32 Å². The maximum atomic E-state index is 11.3. The molecule has 0 saturated carbocycles. The Morgan fingerprint density at radius 3 is 3.20 bits per heavy atom. The van der Waals surface area contributed by atoms with Gasteiger partial charge in [-0.3, -0.25) is 0 Å². The molecule has 6 heteroatoms. The van der Waals surface area contributed by atoms with Gasteiger partial charge in [0, 0.05) is 19.1 Å². The fourth-order valence-electron chi connectivity index (χ4n) is 2.52. The van der Waals surface area contributed by atoms with Gasteiger partial charge < -0.3 is 15.0 Å². The second kappa shape index (κ2) is 7.59. The monoisotopic (exact) mass is 297 g/mol. The van der Waals surface area contributed by atoms with Crippen LogP contribution >= 0.6 is 11.3 Å². The average Bonchev–Trinajstić information content (AvgIpc) is 2.93. The number of nitrogens with one attached hydrogen (secondary N) is 1. The van der Waals surface area contributed by atoms with Gasteiger partial charge in [-0.1, -0.05) is 17.8 Å². The molecular weight excluding hydrogens is 274 g/mol. The van der Waals surface area contributed by atoms with E-state index >= 15 is 0 Å². The molecular formula is C14H23N3O2S. The molecule has 112 valence electrons. The minimum absolute atomic E-state index is 0.322. The van der Waals surface area contributed by atoms with Crippen LogP contribution in [0.3, 0.4) is 0 Å². The highest BCUT2D eigenvalue weighted by Crippen LogP contribution is 2.19. The van der Waals surface area contributed by atoms with Gasteiger partial charge in [0.25, 0.3) is 0 Å². The van der Waals surface area contributed by atoms with Crippen molar-refractivity contribution >= 4 is 22.4 Å². The summed E-state index contributed by atoms with van der Waals surface area (Å²) in [5, 5.41) is 4.06. The van der Waals surface area contributed by atoms with Crippen LogP contribution in [-0.2, 0) is 4.74 Å². The standard InChI is InChI=1S/C14H23N3O2S/c1-11-6-3-4-8-17(11)9-5-7-15-14-16-10-12(20-14)13(18)19-2/h10-11H,3-9H2,1-2H3,(H,15,16). The summed E-state index contributed by atoms with van der Waals surface area (Å²) in [4.78, 5) is 18.6. The fraction of sp³-hybridized carbons (Fsp3) is 0.714. The number of carbonyl (C=O) groups excluding carboxylic acids is 1. The van der Waals surface area contributed by atoms with Crippen LogP contribution in [0, 0.1) is 0 Å². The van der Waals surface area contributed by atoms with E-state index < -0.39 is 0 Å². The minimum Gasteiger partial charge on any atom is -0.465 e. The first kappa shape index (κ1) is 15.3. The molecule has 2 heterocycles. The summed E-state index contributed by atoms with van der Waals surface area (Å²) >= 11 is 1.34. The number of hydrogen-bond acceptors (Lipinski definition) is 6. The topological polar surface area (TPSA) is 54.5 Å². The smallest absolute Gasteiger partial charge is 0.349 e. The number of nitrogens with zero attached hydrogens (tertiary/aromatic N) is 2. The highest BCUT2D eigenvalue weighted by atomic mass is 32.1. The lowest BCUT2D eigenvalue weighted by Gasteiger charge is -2.33. The van der Waals surface area contributed by atoms with Crippen molar-refractivity contribution < 1.29 is 9.53 Å². The van der Waals surface area contributed by atoms with Crippen molar-refractivity contribution in [2.75, 3.05) is 32.1 Å². The van der Waals surface area contributed by atoms with Crippen molar-refractivity contribution in [3.05, 3.63) is 11.1 Å². The number of esters is 1. The average molecular weight is 297 g/mol. The van der Waals surface area contributed by atoms with E-state index in [0.717, 1.165) is 30.7 Å². The number of anilines is 1. The van der Waals surface area contributed by atoms with Crippen LogP contribution in [0.4, 0.5) is 5.13 Å². The van der Waals surface area contributed by atoms with Crippen molar-refractivity contribution in [3.8, 4) is 0 Å². The van der Waals surface area contributed by atoms with Gasteiger partial charge in [-0.15, -0.1) is 0 Å². The Bertz CT molecular complexity index is 436. The van der Waals surface area contributed by atoms with Crippen LogP contribution in [0.2, 0.25) is 0 Å². The maximum Gasteiger partial charge on any atom is 0.349 e. The normalized spacial score (nSPS) is 19.8. The Hall–Kier alpha value is -1.14. The van der Waals surface area contributed by atoms with Gasteiger partial charge in [0.15, 0.2) is 5.13 Å². The highest BCUT2D eigenvalue weighted by molar-refractivity contribution is 7.17. The summed E-state index contributed by atoms with van der Waals surface area (Å²) in [6.45, 7) is 5.56. The van der Waals surface area contributed by atoms with Crippen molar-refractivity contribution in [3.63, 3.8) is 0 Å². The number of methoxy groups -OCH3 is 1. The maximum absolute atomic E-state index is 11.3. The number of carbonyl (C=O) groups is 1. The molecule has 1 atom stereocenters. The summed E-state index contributed by atoms with van der Waals surface area (Å²) < 4.78 is 4.66. The van der Waals surface area contributed by atoms with Crippen LogP contribution in [0.5, 0.6) is 0 Å². The first-order chi connectivity index (χ1) is 9.70. The van der Waals surface area contributed by atoms with Crippen molar-refractivity contribution in [1.82, 2.24) is 9.88 Å². The zero-order valence-electron chi connectivity index (χ0n) is 12.2. The van der Waals surface area contributed by atoms with Gasteiger partial charge in [0.1, 0.15) is 4.88 Å². The first-order valence-electron chi connectivity index (χ1n) is 7.23. The van der Waals surface area contributed by atoms with E-state index in [-0.39, 0.29) is 5.97 Å². The van der Waals surface area contributed by atoms with Gasteiger partial charge >= 0.3 is 5.97 Å². The molecule has 0 spiro atoms. The fourth-order valence-corrected chi connectivity index (χ4v) is 3.28. The van der Waals surface area contributed by atoms with Crippen LogP contribution in [0.1, 0.15) is 42.3 Å². The minimum atomic E-state index is -0.322. The zero-order chi connectivity index (χ0) is 14.4. The third kappa shape index (κ3) is 4.18. The molecule has 1 aliphatic rings. The molecule has 0 bridgehead atoms. The van der Waals surface area contributed by atoms with Gasteiger partial charge in [-0.2, -0.15) is 0 Å². The number of thiazole rings is 1. The molecule has 1 fully saturated rings. The Morgan fingerprint density at radius 1 is 1.60 bits per heavy atom. The van der Waals surface area contributed by atoms with Gasteiger partial charge in [-0.25, -0.2) is 9.78 Å². The molecule has 0 aliphatic carbocycles. The Labute approximate surface area is 124 Å². The summed E-state index contributed by atoms with van der Waals surface area (Å²) in [5.74, 6) is -0.322. The quantitative estimate of drug-likeness (QED) is 0.646. The molecule has 5 nitrogen and oxygen atoms in total. The van der Waals surface area contributed by atoms with Crippen molar-refractivity contribution in [2.24, 2.45) is 0 Å². The van der Waals surface area contributed by atoms with E-state index in [1.807, 2.05) is 0 Å². The molecule has 0 aromatic carbocycles. The van der Waals surface area contributed by atoms with Crippen LogP contribution in [-0.4, -0.2) is 48.6 Å². The Morgan fingerprint density at radius 2 is 2.45 bits per heavy atom. The van der Waals surface area contributed by atoms with E-state index in [2.05, 4.69) is 26.9 Å². The predicted octanol–water partition coefficient (Wildman–Crippen LogP) is 2.61. The first-order valence-corrected chi connectivity index (χ1v) is 8.04. The Balaban J connectivity index is 1.68. The van der Waals surface area contributed by atoms with E-state index in [4.69, 9.17) is 0 Å². The molecule has 2 rings (SSSR count). The number of piperidine rings is 1. The molecule has 0 radical (unpaired) electrons. The van der Waals surface area contributed by atoms with Gasteiger partial charge in [0.2, 0.25) is 0 Å². The van der Waals surface area contributed by atoms with Crippen LogP contribution in [0.25, 0.3) is 0 Å². The van der Waals surface area contributed by atoms with E-state index in [1.54, 1.807) is 6.20 Å². The Kier molecular flexibility index (Phi) is 5.79. The summed E-state index contributed by atoms with van der Waals surface area (Å²) in [7, 11) is 1.38. The van der Waals surface area contributed by atoms with Crippen LogP contribution in [0.15, 0.2) is 6.20 Å². The second-order valence-electron chi connectivity index (χ2n) is 5.18. The molecule has 1 aromatic rings. The third-order valence-corrected chi connectivity index (χ3v) is 4.67. The highest BCUT2D eigenvalue weighted by Gasteiger charge is 2.17. The number of aromatic nitrogens is 1. The summed E-state index contributed by atoms with van der Waals surface area (Å²) in [5.41, 5.74) is 0. The predicted molar refractivity (Wildman–Crippen MR) is 81.4 cm³/mol. The molecule has 1 aliphatic heterocycles. The third-order valence-electron chi connectivity index (χ3n) is 3.73. The lowest BCUT2D eigenvalue weighted by molar-refractivity contribution is 0.0606. The molecule has 1 N–H and O–H groups in total. The summed E-state index contributed by atoms with van der Waals surface area (Å²) in [6.07, 6.45) is 6.67. The SMILES string of the molecule is COC(=O)c1cnc(NCCCN2CCCCC2C)s1. The van der Waals surface area contributed by atoms with Gasteiger partial charge in [-0.05, 0) is 32.7 Å². The zero-order valence-corrected chi connectivity index (χ0v) is 13.0. The number of ether oxygens (including phenoxy) is 1. The lowest BCUT2D eigenvalue weighted by Crippen LogP contribution is -2.38. The molecule has 20 heavy (non-hydrogen) atoms. The molecule has 1 saturated heterocycles. The molecule has 1 unspecified atom stereocenters. The molecule has 0 amide bonds. The van der Waals surface area contributed by atoms with Gasteiger partial charge in [0.05, 0.1) is 13.3 Å². The van der Waals surface area contributed by atoms with E-state index in [9.17, 15) is 4.79 Å².